The van der Waals surface area contributed by atoms with Gasteiger partial charge in [-0.3, -0.25) is 14.3 Å². The molecular weight excluding hydrogens is 294 g/mol. The van der Waals surface area contributed by atoms with Crippen LogP contribution < -0.4 is 5.32 Å². The SMILES string of the molecule is CCC(NC(=O)c1ccn(CCC(=O)O)n1)c1ccc(C)cc1. The summed E-state index contributed by atoms with van der Waals surface area (Å²) in [5.74, 6) is -1.15. The first-order chi connectivity index (χ1) is 11.0. The maximum Gasteiger partial charge on any atom is 0.305 e. The minimum atomic E-state index is -0.892. The van der Waals surface area contributed by atoms with Crippen LogP contribution in [-0.2, 0) is 11.3 Å². The predicted octanol–water partition coefficient (Wildman–Crippen LogP) is 2.55. The lowest BCUT2D eigenvalue weighted by atomic mass is 10.0. The Bertz CT molecular complexity index is 677. The van der Waals surface area contributed by atoms with Crippen molar-refractivity contribution in [2.24, 2.45) is 0 Å². The van der Waals surface area contributed by atoms with Gasteiger partial charge in [0.05, 0.1) is 19.0 Å². The van der Waals surface area contributed by atoms with Crippen molar-refractivity contribution in [2.45, 2.75) is 39.3 Å². The number of benzene rings is 1. The van der Waals surface area contributed by atoms with E-state index in [4.69, 9.17) is 5.11 Å². The molecule has 1 amide bonds. The number of aromatic nitrogens is 2. The fourth-order valence-corrected chi connectivity index (χ4v) is 2.27. The van der Waals surface area contributed by atoms with E-state index < -0.39 is 5.97 Å². The summed E-state index contributed by atoms with van der Waals surface area (Å²) < 4.78 is 1.47. The average Bonchev–Trinajstić information content (AvgIpc) is 3.00. The van der Waals surface area contributed by atoms with Gasteiger partial charge in [0.2, 0.25) is 0 Å². The number of carboxylic acid groups (broad SMARTS) is 1. The Morgan fingerprint density at radius 1 is 1.26 bits per heavy atom. The minimum Gasteiger partial charge on any atom is -0.481 e. The fourth-order valence-electron chi connectivity index (χ4n) is 2.27. The standard InChI is InChI=1S/C17H21N3O3/c1-3-14(13-6-4-12(2)5-7-13)18-17(23)15-8-10-20(19-15)11-9-16(21)22/h4-8,10,14H,3,9,11H2,1-2H3,(H,18,23)(H,21,22). The molecule has 1 aromatic heterocycles. The van der Waals surface area contributed by atoms with E-state index in [9.17, 15) is 9.59 Å². The largest absolute Gasteiger partial charge is 0.481 e. The number of amides is 1. The van der Waals surface area contributed by atoms with Crippen molar-refractivity contribution >= 4 is 11.9 Å². The van der Waals surface area contributed by atoms with E-state index in [1.165, 1.54) is 10.2 Å². The third kappa shape index (κ3) is 4.67. The zero-order chi connectivity index (χ0) is 16.8. The van der Waals surface area contributed by atoms with Crippen molar-refractivity contribution in [3.63, 3.8) is 0 Å². The van der Waals surface area contributed by atoms with Crippen LogP contribution in [0.1, 0.15) is 47.4 Å². The van der Waals surface area contributed by atoms with Crippen LogP contribution in [0.25, 0.3) is 0 Å². The van der Waals surface area contributed by atoms with Crippen molar-refractivity contribution in [3.8, 4) is 0 Å². The van der Waals surface area contributed by atoms with E-state index in [2.05, 4.69) is 10.4 Å². The minimum absolute atomic E-state index is 0.0241. The van der Waals surface area contributed by atoms with Crippen LogP contribution in [0.2, 0.25) is 0 Å². The smallest absolute Gasteiger partial charge is 0.305 e. The molecule has 0 aliphatic rings. The number of carbonyl (C=O) groups excluding carboxylic acids is 1. The first-order valence-electron chi connectivity index (χ1n) is 7.62. The van der Waals surface area contributed by atoms with E-state index in [1.54, 1.807) is 12.3 Å². The molecule has 122 valence electrons. The number of aryl methyl sites for hydroxylation is 2. The van der Waals surface area contributed by atoms with Gasteiger partial charge in [-0.1, -0.05) is 36.8 Å². The van der Waals surface area contributed by atoms with E-state index in [-0.39, 0.29) is 24.9 Å². The van der Waals surface area contributed by atoms with Crippen LogP contribution in [0.15, 0.2) is 36.5 Å². The molecule has 0 spiro atoms. The maximum atomic E-state index is 12.3. The molecule has 1 aromatic carbocycles. The summed E-state index contributed by atoms with van der Waals surface area (Å²) in [6.07, 6.45) is 2.36. The molecular formula is C17H21N3O3. The molecule has 0 bridgehead atoms. The number of hydrogen-bond acceptors (Lipinski definition) is 3. The molecule has 1 unspecified atom stereocenters. The number of carbonyl (C=O) groups is 2. The van der Waals surface area contributed by atoms with Crippen molar-refractivity contribution in [1.29, 1.82) is 0 Å². The molecule has 1 heterocycles. The summed E-state index contributed by atoms with van der Waals surface area (Å²) in [6, 6.07) is 9.58. The van der Waals surface area contributed by atoms with Gasteiger partial charge in [-0.2, -0.15) is 5.10 Å². The van der Waals surface area contributed by atoms with E-state index >= 15 is 0 Å². The number of carboxylic acids is 1. The van der Waals surface area contributed by atoms with Gasteiger partial charge in [0, 0.05) is 6.20 Å². The summed E-state index contributed by atoms with van der Waals surface area (Å²) in [5.41, 5.74) is 2.52. The molecule has 2 aromatic rings. The average molecular weight is 315 g/mol. The third-order valence-corrected chi connectivity index (χ3v) is 3.62. The third-order valence-electron chi connectivity index (χ3n) is 3.62. The van der Waals surface area contributed by atoms with Crippen molar-refractivity contribution in [3.05, 3.63) is 53.3 Å². The molecule has 1 atom stereocenters. The van der Waals surface area contributed by atoms with Gasteiger partial charge in [-0.15, -0.1) is 0 Å². The number of hydrogen-bond donors (Lipinski definition) is 2. The van der Waals surface area contributed by atoms with Gasteiger partial charge in [0.25, 0.3) is 5.91 Å². The number of nitrogens with one attached hydrogen (secondary N) is 1. The summed E-state index contributed by atoms with van der Waals surface area (Å²) >= 11 is 0. The van der Waals surface area contributed by atoms with E-state index in [0.29, 0.717) is 5.69 Å². The molecule has 2 rings (SSSR count). The van der Waals surface area contributed by atoms with Crippen molar-refractivity contribution < 1.29 is 14.7 Å². The Morgan fingerprint density at radius 2 is 1.96 bits per heavy atom. The summed E-state index contributed by atoms with van der Waals surface area (Å²) in [7, 11) is 0. The second kappa shape index (κ2) is 7.58. The van der Waals surface area contributed by atoms with Crippen LogP contribution in [0.3, 0.4) is 0 Å². The lowest BCUT2D eigenvalue weighted by Gasteiger charge is -2.17. The molecule has 0 aliphatic carbocycles. The Hall–Kier alpha value is -2.63. The normalized spacial score (nSPS) is 11.9. The van der Waals surface area contributed by atoms with Crippen LogP contribution in [-0.4, -0.2) is 26.8 Å². The van der Waals surface area contributed by atoms with Gasteiger partial charge in [0.15, 0.2) is 0 Å². The van der Waals surface area contributed by atoms with Crippen LogP contribution in [0.5, 0.6) is 0 Å². The number of rotatable bonds is 7. The topological polar surface area (TPSA) is 84.2 Å². The Balaban J connectivity index is 2.02. The fraction of sp³-hybridized carbons (Fsp3) is 0.353. The predicted molar refractivity (Wildman–Crippen MR) is 86.2 cm³/mol. The molecule has 23 heavy (non-hydrogen) atoms. The highest BCUT2D eigenvalue weighted by Crippen LogP contribution is 2.17. The van der Waals surface area contributed by atoms with Crippen LogP contribution in [0, 0.1) is 6.92 Å². The molecule has 0 saturated carbocycles. The molecule has 0 radical (unpaired) electrons. The molecule has 0 fully saturated rings. The van der Waals surface area contributed by atoms with E-state index in [0.717, 1.165) is 12.0 Å². The first kappa shape index (κ1) is 16.7. The molecule has 6 nitrogen and oxygen atoms in total. The number of aliphatic carboxylic acids is 1. The summed E-state index contributed by atoms with van der Waals surface area (Å²) in [6.45, 7) is 4.28. The maximum absolute atomic E-state index is 12.3. The van der Waals surface area contributed by atoms with Crippen molar-refractivity contribution in [2.75, 3.05) is 0 Å². The highest BCUT2D eigenvalue weighted by atomic mass is 16.4. The Morgan fingerprint density at radius 3 is 2.57 bits per heavy atom. The molecule has 0 aliphatic heterocycles. The molecule has 2 N–H and O–H groups in total. The van der Waals surface area contributed by atoms with Crippen LogP contribution in [0.4, 0.5) is 0 Å². The van der Waals surface area contributed by atoms with Gasteiger partial charge in [-0.05, 0) is 25.0 Å². The van der Waals surface area contributed by atoms with E-state index in [1.807, 2.05) is 38.1 Å². The van der Waals surface area contributed by atoms with Gasteiger partial charge in [0.1, 0.15) is 5.69 Å². The number of nitrogens with zero attached hydrogens (tertiary/aromatic N) is 2. The summed E-state index contributed by atoms with van der Waals surface area (Å²) in [5, 5.41) is 15.8. The Kier molecular flexibility index (Phi) is 5.51. The highest BCUT2D eigenvalue weighted by Gasteiger charge is 2.16. The zero-order valence-electron chi connectivity index (χ0n) is 13.3. The zero-order valence-corrected chi connectivity index (χ0v) is 13.3. The second-order valence-electron chi connectivity index (χ2n) is 5.45. The first-order valence-corrected chi connectivity index (χ1v) is 7.62. The molecule has 6 heteroatoms. The summed E-state index contributed by atoms with van der Waals surface area (Å²) in [4.78, 5) is 22.9. The van der Waals surface area contributed by atoms with Gasteiger partial charge in [-0.25, -0.2) is 0 Å². The van der Waals surface area contributed by atoms with Crippen LogP contribution >= 0.6 is 0 Å². The van der Waals surface area contributed by atoms with Gasteiger partial charge >= 0.3 is 5.97 Å². The Labute approximate surface area is 135 Å². The lowest BCUT2D eigenvalue weighted by Crippen LogP contribution is -2.28. The second-order valence-corrected chi connectivity index (χ2v) is 5.45. The quantitative estimate of drug-likeness (QED) is 0.822. The van der Waals surface area contributed by atoms with Gasteiger partial charge < -0.3 is 10.4 Å². The highest BCUT2D eigenvalue weighted by molar-refractivity contribution is 5.92. The monoisotopic (exact) mass is 315 g/mol. The molecule has 0 saturated heterocycles. The van der Waals surface area contributed by atoms with Crippen molar-refractivity contribution in [1.82, 2.24) is 15.1 Å². The lowest BCUT2D eigenvalue weighted by molar-refractivity contribution is -0.137.